The number of benzene rings is 2. The van der Waals surface area contributed by atoms with Crippen LogP contribution in [0, 0.1) is 0 Å². The smallest absolute Gasteiger partial charge is 0.251 e. The molecule has 0 saturated carbocycles. The highest BCUT2D eigenvalue weighted by atomic mass is 32.2. The van der Waals surface area contributed by atoms with E-state index in [4.69, 9.17) is 4.74 Å². The van der Waals surface area contributed by atoms with Gasteiger partial charge >= 0.3 is 0 Å². The van der Waals surface area contributed by atoms with Crippen LogP contribution in [0.5, 0.6) is 0 Å². The zero-order valence-electron chi connectivity index (χ0n) is 16.0. The molecular formula is C21H26N2O4S. The van der Waals surface area contributed by atoms with Crippen molar-refractivity contribution < 1.29 is 17.9 Å². The number of amides is 1. The number of nitrogens with one attached hydrogen (secondary N) is 1. The number of aryl methyl sites for hydroxylation is 1. The van der Waals surface area contributed by atoms with Crippen molar-refractivity contribution in [2.75, 3.05) is 26.3 Å². The van der Waals surface area contributed by atoms with E-state index in [0.717, 1.165) is 12.8 Å². The summed E-state index contributed by atoms with van der Waals surface area (Å²) in [5, 5.41) is 2.96. The first-order valence-corrected chi connectivity index (χ1v) is 10.9. The molecule has 1 amide bonds. The van der Waals surface area contributed by atoms with Crippen LogP contribution in [0.3, 0.4) is 0 Å². The molecule has 2 aromatic rings. The summed E-state index contributed by atoms with van der Waals surface area (Å²) >= 11 is 0. The largest absolute Gasteiger partial charge is 0.379 e. The van der Waals surface area contributed by atoms with Crippen LogP contribution < -0.4 is 5.32 Å². The maximum absolute atomic E-state index is 12.8. The highest BCUT2D eigenvalue weighted by Gasteiger charge is 2.27. The first kappa shape index (κ1) is 20.5. The number of hydrogen-bond donors (Lipinski definition) is 1. The van der Waals surface area contributed by atoms with Crippen LogP contribution in [0.4, 0.5) is 0 Å². The van der Waals surface area contributed by atoms with Gasteiger partial charge in [-0.3, -0.25) is 4.79 Å². The lowest BCUT2D eigenvalue weighted by Crippen LogP contribution is -2.40. The highest BCUT2D eigenvalue weighted by Crippen LogP contribution is 2.18. The Bertz CT molecular complexity index is 894. The van der Waals surface area contributed by atoms with Crippen LogP contribution in [0.1, 0.15) is 29.3 Å². The van der Waals surface area contributed by atoms with E-state index >= 15 is 0 Å². The average Bonchev–Trinajstić information content (AvgIpc) is 2.73. The van der Waals surface area contributed by atoms with E-state index in [-0.39, 0.29) is 16.8 Å². The Kier molecular flexibility index (Phi) is 6.83. The van der Waals surface area contributed by atoms with Crippen molar-refractivity contribution in [3.05, 3.63) is 65.7 Å². The second kappa shape index (κ2) is 9.32. The molecule has 0 aromatic heterocycles. The molecule has 1 fully saturated rings. The van der Waals surface area contributed by atoms with Crippen LogP contribution in [0.2, 0.25) is 0 Å². The quantitative estimate of drug-likeness (QED) is 0.772. The van der Waals surface area contributed by atoms with Crippen molar-refractivity contribution in [2.45, 2.75) is 30.7 Å². The Morgan fingerprint density at radius 3 is 2.54 bits per heavy atom. The zero-order valence-corrected chi connectivity index (χ0v) is 16.8. The van der Waals surface area contributed by atoms with Crippen LogP contribution in [0.15, 0.2) is 59.5 Å². The van der Waals surface area contributed by atoms with Gasteiger partial charge in [0.1, 0.15) is 0 Å². The molecule has 0 spiro atoms. The predicted molar refractivity (Wildman–Crippen MR) is 108 cm³/mol. The second-order valence-corrected chi connectivity index (χ2v) is 8.88. The first-order valence-electron chi connectivity index (χ1n) is 9.49. The molecule has 1 aliphatic heterocycles. The van der Waals surface area contributed by atoms with Crippen LogP contribution in [-0.4, -0.2) is 51.0 Å². The summed E-state index contributed by atoms with van der Waals surface area (Å²) in [5.74, 6) is -0.264. The Hall–Kier alpha value is -2.22. The molecule has 3 rings (SSSR count). The minimum atomic E-state index is -3.62. The normalized spacial score (nSPS) is 16.5. The fourth-order valence-electron chi connectivity index (χ4n) is 3.14. The second-order valence-electron chi connectivity index (χ2n) is 6.94. The van der Waals surface area contributed by atoms with Gasteiger partial charge in [0.2, 0.25) is 10.0 Å². The molecule has 0 bridgehead atoms. The number of hydrogen-bond acceptors (Lipinski definition) is 4. The van der Waals surface area contributed by atoms with Gasteiger partial charge < -0.3 is 10.1 Å². The summed E-state index contributed by atoms with van der Waals surface area (Å²) in [6.07, 6.45) is 1.68. The standard InChI is InChI=1S/C21H26N2O4S/c1-17(10-11-18-6-3-2-4-7-18)22-21(24)19-8-5-9-20(16-19)28(25,26)23-12-14-27-15-13-23/h2-9,16-17H,10-15H2,1H3,(H,22,24)/t17-/m0/s1. The fourth-order valence-corrected chi connectivity index (χ4v) is 4.60. The molecule has 150 valence electrons. The van der Waals surface area contributed by atoms with E-state index in [1.807, 2.05) is 25.1 Å². The molecule has 1 N–H and O–H groups in total. The Labute approximate surface area is 166 Å². The van der Waals surface area contributed by atoms with Crippen molar-refractivity contribution in [3.63, 3.8) is 0 Å². The number of ether oxygens (including phenoxy) is 1. The van der Waals surface area contributed by atoms with Gasteiger partial charge in [-0.15, -0.1) is 0 Å². The predicted octanol–water partition coefficient (Wildman–Crippen LogP) is 2.46. The van der Waals surface area contributed by atoms with E-state index in [1.54, 1.807) is 12.1 Å². The number of morpholine rings is 1. The molecular weight excluding hydrogens is 376 g/mol. The molecule has 28 heavy (non-hydrogen) atoms. The minimum Gasteiger partial charge on any atom is -0.379 e. The summed E-state index contributed by atoms with van der Waals surface area (Å²) < 4.78 is 32.2. The molecule has 0 aliphatic carbocycles. The molecule has 7 heteroatoms. The van der Waals surface area contributed by atoms with Gasteiger partial charge in [0.25, 0.3) is 5.91 Å². The van der Waals surface area contributed by atoms with Crippen molar-refractivity contribution in [2.24, 2.45) is 0 Å². The van der Waals surface area contributed by atoms with Crippen LogP contribution in [-0.2, 0) is 21.2 Å². The number of rotatable bonds is 7. The van der Waals surface area contributed by atoms with Gasteiger partial charge in [-0.1, -0.05) is 36.4 Å². The maximum atomic E-state index is 12.8. The topological polar surface area (TPSA) is 75.7 Å². The SMILES string of the molecule is C[C@@H](CCc1ccccc1)NC(=O)c1cccc(S(=O)(=O)N2CCOCC2)c1. The Morgan fingerprint density at radius 1 is 1.11 bits per heavy atom. The summed E-state index contributed by atoms with van der Waals surface area (Å²) in [6, 6.07) is 16.3. The van der Waals surface area contributed by atoms with E-state index < -0.39 is 10.0 Å². The lowest BCUT2D eigenvalue weighted by molar-refractivity contribution is 0.0730. The molecule has 6 nitrogen and oxygen atoms in total. The van der Waals surface area contributed by atoms with Crippen molar-refractivity contribution >= 4 is 15.9 Å². The molecule has 1 atom stereocenters. The lowest BCUT2D eigenvalue weighted by atomic mass is 10.1. The lowest BCUT2D eigenvalue weighted by Gasteiger charge is -2.26. The van der Waals surface area contributed by atoms with Crippen LogP contribution in [0.25, 0.3) is 0 Å². The maximum Gasteiger partial charge on any atom is 0.251 e. The monoisotopic (exact) mass is 402 g/mol. The summed E-state index contributed by atoms with van der Waals surface area (Å²) in [6.45, 7) is 3.39. The first-order chi connectivity index (χ1) is 13.5. The Morgan fingerprint density at radius 2 is 1.82 bits per heavy atom. The number of sulfonamides is 1. The van der Waals surface area contributed by atoms with Gasteiger partial charge in [0.15, 0.2) is 0 Å². The van der Waals surface area contributed by atoms with Gasteiger partial charge in [-0.05, 0) is 43.5 Å². The molecule has 0 unspecified atom stereocenters. The third-order valence-electron chi connectivity index (χ3n) is 4.79. The summed E-state index contributed by atoms with van der Waals surface area (Å²) in [4.78, 5) is 12.7. The van der Waals surface area contributed by atoms with Crippen molar-refractivity contribution in [3.8, 4) is 0 Å². The van der Waals surface area contributed by atoms with E-state index in [2.05, 4.69) is 17.4 Å². The van der Waals surface area contributed by atoms with E-state index in [1.165, 1.54) is 22.0 Å². The van der Waals surface area contributed by atoms with Crippen LogP contribution >= 0.6 is 0 Å². The molecule has 2 aromatic carbocycles. The van der Waals surface area contributed by atoms with Gasteiger partial charge in [-0.2, -0.15) is 4.31 Å². The third kappa shape index (κ3) is 5.19. The minimum absolute atomic E-state index is 0.0211. The fraction of sp³-hybridized carbons (Fsp3) is 0.381. The molecule has 1 aliphatic rings. The highest BCUT2D eigenvalue weighted by molar-refractivity contribution is 7.89. The third-order valence-corrected chi connectivity index (χ3v) is 6.69. The number of nitrogens with zero attached hydrogens (tertiary/aromatic N) is 1. The van der Waals surface area contributed by atoms with E-state index in [9.17, 15) is 13.2 Å². The summed E-state index contributed by atoms with van der Waals surface area (Å²) in [5.41, 5.74) is 1.57. The molecule has 1 saturated heterocycles. The van der Waals surface area contributed by atoms with Gasteiger partial charge in [0, 0.05) is 24.7 Å². The van der Waals surface area contributed by atoms with Crippen molar-refractivity contribution in [1.82, 2.24) is 9.62 Å². The number of carbonyl (C=O) groups is 1. The average molecular weight is 403 g/mol. The van der Waals surface area contributed by atoms with Gasteiger partial charge in [0.05, 0.1) is 18.1 Å². The summed E-state index contributed by atoms with van der Waals surface area (Å²) in [7, 11) is -3.62. The molecule has 0 radical (unpaired) electrons. The van der Waals surface area contributed by atoms with E-state index in [0.29, 0.717) is 31.9 Å². The Balaban J connectivity index is 1.63. The molecule has 1 heterocycles. The van der Waals surface area contributed by atoms with Gasteiger partial charge in [-0.25, -0.2) is 8.42 Å². The number of carbonyl (C=O) groups excluding carboxylic acids is 1. The zero-order chi connectivity index (χ0) is 20.0. The van der Waals surface area contributed by atoms with Crippen molar-refractivity contribution in [1.29, 1.82) is 0 Å².